The number of aliphatic carboxylic acids is 1. The van der Waals surface area contributed by atoms with Gasteiger partial charge in [0.25, 0.3) is 0 Å². The van der Waals surface area contributed by atoms with Crippen LogP contribution < -0.4 is 5.43 Å². The Bertz CT molecular complexity index is 401. The zero-order chi connectivity index (χ0) is 12.4. The molecule has 0 radical (unpaired) electrons. The largest absolute Gasteiger partial charge is 0.480 e. The highest BCUT2D eigenvalue weighted by Gasteiger charge is 2.32. The molecule has 5 nitrogen and oxygen atoms in total. The van der Waals surface area contributed by atoms with E-state index >= 15 is 0 Å². The minimum Gasteiger partial charge on any atom is -0.480 e. The summed E-state index contributed by atoms with van der Waals surface area (Å²) >= 11 is 0. The third kappa shape index (κ3) is 2.49. The van der Waals surface area contributed by atoms with Crippen LogP contribution in [0.15, 0.2) is 23.9 Å². The van der Waals surface area contributed by atoms with Crippen molar-refractivity contribution in [2.45, 2.75) is 19.8 Å². The van der Waals surface area contributed by atoms with E-state index in [0.717, 1.165) is 18.5 Å². The van der Waals surface area contributed by atoms with E-state index in [1.807, 2.05) is 19.1 Å². The van der Waals surface area contributed by atoms with Crippen LogP contribution in [0.1, 0.15) is 19.8 Å². The van der Waals surface area contributed by atoms with E-state index in [4.69, 9.17) is 5.11 Å². The number of hydrogen-bond acceptors (Lipinski definition) is 3. The number of rotatable bonds is 2. The zero-order valence-corrected chi connectivity index (χ0v) is 9.72. The Hall–Kier alpha value is -1.78. The predicted molar refractivity (Wildman–Crippen MR) is 61.6 cm³/mol. The number of hydrazine groups is 1. The second-order valence-electron chi connectivity index (χ2n) is 4.55. The van der Waals surface area contributed by atoms with Crippen LogP contribution in [0.25, 0.3) is 0 Å². The van der Waals surface area contributed by atoms with Gasteiger partial charge in [0.2, 0.25) is 5.91 Å². The number of carbonyl (C=O) groups is 2. The SMILES string of the molecule is CC1CC2CC=CC=C2NN(CC(=O)O)C1=O. The molecule has 1 saturated heterocycles. The molecule has 0 saturated carbocycles. The third-order valence-corrected chi connectivity index (χ3v) is 3.16. The smallest absolute Gasteiger partial charge is 0.325 e. The molecule has 1 aliphatic carbocycles. The van der Waals surface area contributed by atoms with E-state index in [1.165, 1.54) is 5.01 Å². The third-order valence-electron chi connectivity index (χ3n) is 3.16. The Morgan fingerprint density at radius 3 is 3.12 bits per heavy atom. The van der Waals surface area contributed by atoms with E-state index in [2.05, 4.69) is 11.5 Å². The molecule has 0 aromatic rings. The lowest BCUT2D eigenvalue weighted by Gasteiger charge is -2.24. The highest BCUT2D eigenvalue weighted by atomic mass is 16.4. The molecule has 0 bridgehead atoms. The second-order valence-corrected chi connectivity index (χ2v) is 4.55. The van der Waals surface area contributed by atoms with Crippen LogP contribution in [0, 0.1) is 11.8 Å². The van der Waals surface area contributed by atoms with Gasteiger partial charge in [-0.25, -0.2) is 5.01 Å². The topological polar surface area (TPSA) is 69.6 Å². The maximum atomic E-state index is 12.0. The summed E-state index contributed by atoms with van der Waals surface area (Å²) in [6.45, 7) is 1.54. The van der Waals surface area contributed by atoms with Crippen LogP contribution in [0.2, 0.25) is 0 Å². The number of carboxylic acids is 1. The minimum atomic E-state index is -1.01. The Morgan fingerprint density at radius 2 is 2.41 bits per heavy atom. The molecular formula is C12H16N2O3. The lowest BCUT2D eigenvalue weighted by molar-refractivity contribution is -0.147. The molecular weight excluding hydrogens is 220 g/mol. The van der Waals surface area contributed by atoms with Crippen LogP contribution in [0.3, 0.4) is 0 Å². The maximum Gasteiger partial charge on any atom is 0.325 e. The summed E-state index contributed by atoms with van der Waals surface area (Å²) in [5.41, 5.74) is 3.88. The van der Waals surface area contributed by atoms with Gasteiger partial charge in [-0.1, -0.05) is 19.1 Å². The van der Waals surface area contributed by atoms with Gasteiger partial charge < -0.3 is 5.11 Å². The number of nitrogens with zero attached hydrogens (tertiary/aromatic N) is 1. The fourth-order valence-corrected chi connectivity index (χ4v) is 2.29. The number of allylic oxidation sites excluding steroid dienone is 4. The molecule has 5 heteroatoms. The van der Waals surface area contributed by atoms with Gasteiger partial charge in [0.1, 0.15) is 6.54 Å². The molecule has 1 amide bonds. The van der Waals surface area contributed by atoms with E-state index < -0.39 is 5.97 Å². The maximum absolute atomic E-state index is 12.0. The molecule has 92 valence electrons. The van der Waals surface area contributed by atoms with Crippen molar-refractivity contribution in [1.82, 2.24) is 10.4 Å². The summed E-state index contributed by atoms with van der Waals surface area (Å²) in [6.07, 6.45) is 7.57. The normalized spacial score (nSPS) is 27.9. The number of carboxylic acid groups (broad SMARTS) is 1. The first-order valence-corrected chi connectivity index (χ1v) is 5.74. The van der Waals surface area contributed by atoms with Gasteiger partial charge in [0.05, 0.1) is 0 Å². The quantitative estimate of drug-likeness (QED) is 0.747. The lowest BCUT2D eigenvalue weighted by atomic mass is 9.88. The van der Waals surface area contributed by atoms with E-state index in [1.54, 1.807) is 0 Å². The Labute approximate surface area is 99.8 Å². The van der Waals surface area contributed by atoms with Gasteiger partial charge in [0.15, 0.2) is 0 Å². The van der Waals surface area contributed by atoms with Crippen molar-refractivity contribution in [3.63, 3.8) is 0 Å². The molecule has 17 heavy (non-hydrogen) atoms. The molecule has 2 aliphatic rings. The van der Waals surface area contributed by atoms with Crippen LogP contribution in [-0.4, -0.2) is 28.5 Å². The van der Waals surface area contributed by atoms with Gasteiger partial charge in [-0.3, -0.25) is 15.0 Å². The molecule has 2 N–H and O–H groups in total. The highest BCUT2D eigenvalue weighted by Crippen LogP contribution is 2.29. The molecule has 0 spiro atoms. The van der Waals surface area contributed by atoms with E-state index in [9.17, 15) is 9.59 Å². The summed E-state index contributed by atoms with van der Waals surface area (Å²) in [5, 5.41) is 10.00. The fraction of sp³-hybridized carbons (Fsp3) is 0.500. The summed E-state index contributed by atoms with van der Waals surface area (Å²) < 4.78 is 0. The van der Waals surface area contributed by atoms with Gasteiger partial charge in [-0.05, 0) is 18.9 Å². The monoisotopic (exact) mass is 236 g/mol. The van der Waals surface area contributed by atoms with Crippen molar-refractivity contribution in [1.29, 1.82) is 0 Å². The first kappa shape index (κ1) is 11.7. The van der Waals surface area contributed by atoms with Gasteiger partial charge >= 0.3 is 5.97 Å². The van der Waals surface area contributed by atoms with Crippen LogP contribution >= 0.6 is 0 Å². The molecule has 2 rings (SSSR count). The van der Waals surface area contributed by atoms with E-state index in [-0.39, 0.29) is 24.3 Å². The van der Waals surface area contributed by atoms with E-state index in [0.29, 0.717) is 0 Å². The minimum absolute atomic E-state index is 0.149. The summed E-state index contributed by atoms with van der Waals surface area (Å²) in [7, 11) is 0. The number of carbonyl (C=O) groups excluding carboxylic acids is 1. The number of amides is 1. The summed E-state index contributed by atoms with van der Waals surface area (Å²) in [6, 6.07) is 0. The molecule has 1 aliphatic heterocycles. The van der Waals surface area contributed by atoms with Crippen molar-refractivity contribution in [2.24, 2.45) is 11.8 Å². The summed E-state index contributed by atoms with van der Waals surface area (Å²) in [5.74, 6) is -1.02. The van der Waals surface area contributed by atoms with Crippen molar-refractivity contribution >= 4 is 11.9 Å². The molecule has 2 unspecified atom stereocenters. The van der Waals surface area contributed by atoms with Crippen molar-refractivity contribution in [2.75, 3.05) is 6.54 Å². The van der Waals surface area contributed by atoms with Gasteiger partial charge in [0, 0.05) is 17.5 Å². The molecule has 1 heterocycles. The number of fused-ring (bicyclic) bond motifs is 1. The van der Waals surface area contributed by atoms with Crippen LogP contribution in [0.4, 0.5) is 0 Å². The lowest BCUT2D eigenvalue weighted by Crippen LogP contribution is -2.46. The van der Waals surface area contributed by atoms with Gasteiger partial charge in [-0.15, -0.1) is 0 Å². The standard InChI is InChI=1S/C12H16N2O3/c1-8-6-9-4-2-3-5-10(9)13-14(12(8)17)7-11(15)16/h2-3,5,8-9,13H,4,6-7H2,1H3,(H,15,16). The second kappa shape index (κ2) is 4.61. The Balaban J connectivity index is 2.21. The van der Waals surface area contributed by atoms with Crippen LogP contribution in [-0.2, 0) is 9.59 Å². The zero-order valence-electron chi connectivity index (χ0n) is 9.72. The highest BCUT2D eigenvalue weighted by molar-refractivity contribution is 5.83. The predicted octanol–water partition coefficient (Wildman–Crippen LogP) is 0.904. The average molecular weight is 236 g/mol. The van der Waals surface area contributed by atoms with Crippen molar-refractivity contribution < 1.29 is 14.7 Å². The molecule has 2 atom stereocenters. The number of hydrogen-bond donors (Lipinski definition) is 2. The van der Waals surface area contributed by atoms with Gasteiger partial charge in [-0.2, -0.15) is 0 Å². The molecule has 0 aromatic carbocycles. The Morgan fingerprint density at radius 1 is 1.65 bits per heavy atom. The molecule has 0 aromatic heterocycles. The average Bonchev–Trinajstić information content (AvgIpc) is 2.38. The van der Waals surface area contributed by atoms with Crippen molar-refractivity contribution in [3.05, 3.63) is 23.9 Å². The number of nitrogens with one attached hydrogen (secondary N) is 1. The molecule has 1 fully saturated rings. The van der Waals surface area contributed by atoms with Crippen molar-refractivity contribution in [3.8, 4) is 0 Å². The van der Waals surface area contributed by atoms with Crippen LogP contribution in [0.5, 0.6) is 0 Å². The first-order chi connectivity index (χ1) is 8.08. The fourth-order valence-electron chi connectivity index (χ4n) is 2.29. The Kier molecular flexibility index (Phi) is 3.17. The first-order valence-electron chi connectivity index (χ1n) is 5.74. The summed E-state index contributed by atoms with van der Waals surface area (Å²) in [4.78, 5) is 22.7.